The van der Waals surface area contributed by atoms with Gasteiger partial charge in [-0.1, -0.05) is 12.1 Å². The Morgan fingerprint density at radius 1 is 0.909 bits per heavy atom. The second-order valence-electron chi connectivity index (χ2n) is 8.37. The minimum Gasteiger partial charge on any atom is -0.485 e. The van der Waals surface area contributed by atoms with Crippen LogP contribution in [0.4, 0.5) is 0 Å². The first-order chi connectivity index (χ1) is 16.0. The number of carbonyl (C=O) groups is 2. The molecule has 0 bridgehead atoms. The second kappa shape index (κ2) is 8.61. The maximum atomic E-state index is 13.0. The first-order valence-electron chi connectivity index (χ1n) is 11.1. The molecule has 0 unspecified atom stereocenters. The van der Waals surface area contributed by atoms with Gasteiger partial charge in [0.15, 0.2) is 11.5 Å². The molecule has 0 radical (unpaired) electrons. The average molecular weight is 447 g/mol. The van der Waals surface area contributed by atoms with Gasteiger partial charge in [-0.3, -0.25) is 9.59 Å². The van der Waals surface area contributed by atoms with Crippen LogP contribution in [0.15, 0.2) is 54.6 Å². The number of nitrogens with zero attached hydrogens (tertiary/aromatic N) is 4. The monoisotopic (exact) mass is 446 g/mol. The van der Waals surface area contributed by atoms with Crippen LogP contribution in [-0.4, -0.2) is 70.3 Å². The molecular formula is C25H26N4O4. The smallest absolute Gasteiger partial charge is 0.267 e. The van der Waals surface area contributed by atoms with E-state index >= 15 is 0 Å². The van der Waals surface area contributed by atoms with Gasteiger partial charge in [-0.25, -0.2) is 4.68 Å². The fourth-order valence-corrected chi connectivity index (χ4v) is 4.29. The maximum Gasteiger partial charge on any atom is 0.267 e. The Hall–Kier alpha value is -3.81. The summed E-state index contributed by atoms with van der Waals surface area (Å²) >= 11 is 0. The molecule has 2 aliphatic heterocycles. The SMILES string of the molecule is Cc1cc(C)n(-c2ccc(C(=O)N3CCN(C(=O)[C@@H]4COc5ccccc5O4)CC3)cc2)n1. The summed E-state index contributed by atoms with van der Waals surface area (Å²) in [4.78, 5) is 29.4. The number of benzene rings is 2. The van der Waals surface area contributed by atoms with Crippen molar-refractivity contribution in [1.29, 1.82) is 0 Å². The van der Waals surface area contributed by atoms with Crippen LogP contribution in [0.5, 0.6) is 11.5 Å². The lowest BCUT2D eigenvalue weighted by Crippen LogP contribution is -2.55. The number of aryl methyl sites for hydroxylation is 2. The third-order valence-corrected chi connectivity index (χ3v) is 6.03. The van der Waals surface area contributed by atoms with Crippen molar-refractivity contribution in [1.82, 2.24) is 19.6 Å². The Bertz CT molecular complexity index is 1180. The van der Waals surface area contributed by atoms with Gasteiger partial charge in [0.2, 0.25) is 6.10 Å². The van der Waals surface area contributed by atoms with Crippen molar-refractivity contribution in [3.05, 3.63) is 71.5 Å². The summed E-state index contributed by atoms with van der Waals surface area (Å²) in [5.41, 5.74) is 3.54. The van der Waals surface area contributed by atoms with Gasteiger partial charge in [-0.15, -0.1) is 0 Å². The molecule has 0 aliphatic carbocycles. The van der Waals surface area contributed by atoms with Crippen LogP contribution < -0.4 is 9.47 Å². The molecule has 8 nitrogen and oxygen atoms in total. The van der Waals surface area contributed by atoms with E-state index in [0.717, 1.165) is 17.1 Å². The van der Waals surface area contributed by atoms with Crippen molar-refractivity contribution >= 4 is 11.8 Å². The van der Waals surface area contributed by atoms with Crippen LogP contribution in [0.1, 0.15) is 21.7 Å². The number of hydrogen-bond donors (Lipinski definition) is 0. The molecule has 1 fully saturated rings. The van der Waals surface area contributed by atoms with E-state index in [4.69, 9.17) is 9.47 Å². The van der Waals surface area contributed by atoms with E-state index in [1.807, 2.05) is 67.1 Å². The summed E-state index contributed by atoms with van der Waals surface area (Å²) in [6.45, 7) is 6.05. The van der Waals surface area contributed by atoms with Gasteiger partial charge in [0.1, 0.15) is 6.61 Å². The van der Waals surface area contributed by atoms with Gasteiger partial charge in [0.25, 0.3) is 11.8 Å². The minimum atomic E-state index is -0.663. The molecule has 5 rings (SSSR count). The number of fused-ring (bicyclic) bond motifs is 1. The Morgan fingerprint density at radius 3 is 2.24 bits per heavy atom. The van der Waals surface area contributed by atoms with Gasteiger partial charge in [-0.05, 0) is 56.3 Å². The van der Waals surface area contributed by atoms with Crippen LogP contribution in [0.25, 0.3) is 5.69 Å². The van der Waals surface area contributed by atoms with Crippen molar-refractivity contribution in [3.8, 4) is 17.2 Å². The summed E-state index contributed by atoms with van der Waals surface area (Å²) in [6.07, 6.45) is -0.663. The molecule has 1 aromatic heterocycles. The lowest BCUT2D eigenvalue weighted by Gasteiger charge is -2.37. The zero-order valence-electron chi connectivity index (χ0n) is 18.7. The zero-order chi connectivity index (χ0) is 22.9. The molecule has 0 spiro atoms. The predicted molar refractivity (Wildman–Crippen MR) is 122 cm³/mol. The van der Waals surface area contributed by atoms with Crippen LogP contribution >= 0.6 is 0 Å². The van der Waals surface area contributed by atoms with Gasteiger partial charge in [0, 0.05) is 37.4 Å². The molecule has 8 heteroatoms. The predicted octanol–water partition coefficient (Wildman–Crippen LogP) is 2.61. The number of piperazine rings is 1. The summed E-state index contributed by atoms with van der Waals surface area (Å²) in [5.74, 6) is 1.10. The van der Waals surface area contributed by atoms with Crippen molar-refractivity contribution in [2.75, 3.05) is 32.8 Å². The number of ether oxygens (including phenoxy) is 2. The molecule has 170 valence electrons. The normalized spacial score (nSPS) is 17.7. The number of aromatic nitrogens is 2. The lowest BCUT2D eigenvalue weighted by molar-refractivity contribution is -0.142. The highest BCUT2D eigenvalue weighted by Gasteiger charge is 2.33. The molecule has 3 heterocycles. The van der Waals surface area contributed by atoms with Crippen molar-refractivity contribution in [3.63, 3.8) is 0 Å². The number of hydrogen-bond acceptors (Lipinski definition) is 5. The number of para-hydroxylation sites is 2. The van der Waals surface area contributed by atoms with Crippen molar-refractivity contribution in [2.24, 2.45) is 0 Å². The van der Waals surface area contributed by atoms with E-state index in [9.17, 15) is 9.59 Å². The molecule has 0 N–H and O–H groups in total. The van der Waals surface area contributed by atoms with Crippen LogP contribution in [-0.2, 0) is 4.79 Å². The highest BCUT2D eigenvalue weighted by Crippen LogP contribution is 2.31. The van der Waals surface area contributed by atoms with Crippen molar-refractivity contribution < 1.29 is 19.1 Å². The highest BCUT2D eigenvalue weighted by molar-refractivity contribution is 5.94. The fourth-order valence-electron chi connectivity index (χ4n) is 4.29. The minimum absolute atomic E-state index is 0.0341. The Labute approximate surface area is 192 Å². The standard InChI is InChI=1S/C25H26N4O4/c1-17-15-18(2)29(26-17)20-9-7-19(8-10-20)24(30)27-11-13-28(14-12-27)25(31)23-16-32-21-5-3-4-6-22(21)33-23/h3-10,15,23H,11-14,16H2,1-2H3/t23-/m0/s1. The number of amides is 2. The second-order valence-corrected chi connectivity index (χ2v) is 8.37. The number of carbonyl (C=O) groups excluding carboxylic acids is 2. The molecule has 3 aromatic rings. The molecule has 33 heavy (non-hydrogen) atoms. The van der Waals surface area contributed by atoms with E-state index < -0.39 is 6.10 Å². The fraction of sp³-hybridized carbons (Fsp3) is 0.320. The molecule has 0 saturated carbocycles. The van der Waals surface area contributed by atoms with E-state index in [2.05, 4.69) is 5.10 Å². The lowest BCUT2D eigenvalue weighted by atomic mass is 10.1. The van der Waals surface area contributed by atoms with E-state index in [0.29, 0.717) is 43.2 Å². The molecule has 2 aromatic carbocycles. The van der Waals surface area contributed by atoms with Crippen LogP contribution in [0.2, 0.25) is 0 Å². The summed E-state index contributed by atoms with van der Waals surface area (Å²) < 4.78 is 13.4. The first-order valence-corrected chi connectivity index (χ1v) is 11.1. The summed E-state index contributed by atoms with van der Waals surface area (Å²) in [6, 6.07) is 16.8. The summed E-state index contributed by atoms with van der Waals surface area (Å²) in [7, 11) is 0. The van der Waals surface area contributed by atoms with Crippen molar-refractivity contribution in [2.45, 2.75) is 20.0 Å². The van der Waals surface area contributed by atoms with E-state index in [1.165, 1.54) is 0 Å². The van der Waals surface area contributed by atoms with Gasteiger partial charge < -0.3 is 19.3 Å². The largest absolute Gasteiger partial charge is 0.485 e. The summed E-state index contributed by atoms with van der Waals surface area (Å²) in [5, 5.41) is 4.49. The third-order valence-electron chi connectivity index (χ3n) is 6.03. The van der Waals surface area contributed by atoms with Crippen LogP contribution in [0.3, 0.4) is 0 Å². The van der Waals surface area contributed by atoms with Gasteiger partial charge in [0.05, 0.1) is 11.4 Å². The van der Waals surface area contributed by atoms with Crippen LogP contribution in [0, 0.1) is 13.8 Å². The van der Waals surface area contributed by atoms with Gasteiger partial charge in [-0.2, -0.15) is 5.10 Å². The highest BCUT2D eigenvalue weighted by atomic mass is 16.6. The Morgan fingerprint density at radius 2 is 1.58 bits per heavy atom. The Balaban J connectivity index is 1.18. The first kappa shape index (κ1) is 21.1. The quantitative estimate of drug-likeness (QED) is 0.618. The van der Waals surface area contributed by atoms with Gasteiger partial charge >= 0.3 is 0 Å². The average Bonchev–Trinajstić information content (AvgIpc) is 3.20. The molecule has 1 saturated heterocycles. The van der Waals surface area contributed by atoms with E-state index in [1.54, 1.807) is 15.9 Å². The van der Waals surface area contributed by atoms with E-state index in [-0.39, 0.29) is 18.4 Å². The molecule has 1 atom stereocenters. The maximum absolute atomic E-state index is 13.0. The number of rotatable bonds is 3. The molecular weight excluding hydrogens is 420 g/mol. The Kier molecular flexibility index (Phi) is 5.50. The molecule has 2 aliphatic rings. The zero-order valence-corrected chi connectivity index (χ0v) is 18.7. The topological polar surface area (TPSA) is 76.9 Å². The molecule has 2 amide bonds. The third kappa shape index (κ3) is 4.16.